The molecule has 0 N–H and O–H groups in total. The van der Waals surface area contributed by atoms with Crippen molar-refractivity contribution < 1.29 is 0 Å². The van der Waals surface area contributed by atoms with Crippen molar-refractivity contribution in [2.45, 2.75) is 0 Å². The normalized spacial score (nSPS) is 11.3. The molecule has 0 fully saturated rings. The maximum absolute atomic E-state index is 2.44. The van der Waals surface area contributed by atoms with Gasteiger partial charge in [0.05, 0.1) is 5.69 Å². The first-order valence-corrected chi connectivity index (χ1v) is 19.2. The minimum absolute atomic E-state index is 1.11. The topological polar surface area (TPSA) is 3.24 Å². The first kappa shape index (κ1) is 32.0. The van der Waals surface area contributed by atoms with Crippen molar-refractivity contribution in [3.63, 3.8) is 0 Å². The zero-order valence-electron chi connectivity index (χ0n) is 29.6. The Morgan fingerprint density at radius 3 is 1.28 bits per heavy atom. The molecule has 0 bridgehead atoms. The van der Waals surface area contributed by atoms with E-state index >= 15 is 0 Å². The van der Waals surface area contributed by atoms with E-state index in [1.54, 1.807) is 0 Å². The third-order valence-corrected chi connectivity index (χ3v) is 11.8. The fourth-order valence-electron chi connectivity index (χ4n) is 7.77. The van der Waals surface area contributed by atoms with Crippen LogP contribution in [0.2, 0.25) is 0 Å². The molecule has 254 valence electrons. The van der Waals surface area contributed by atoms with Crippen molar-refractivity contribution in [3.05, 3.63) is 212 Å². The van der Waals surface area contributed by atoms with E-state index in [0.29, 0.717) is 0 Å². The Kier molecular flexibility index (Phi) is 8.09. The molecule has 0 saturated heterocycles. The van der Waals surface area contributed by atoms with Gasteiger partial charge in [-0.15, -0.1) is 11.3 Å². The van der Waals surface area contributed by atoms with Crippen LogP contribution in [-0.2, 0) is 0 Å². The maximum atomic E-state index is 2.44. The summed E-state index contributed by atoms with van der Waals surface area (Å²) in [5.74, 6) is 0. The van der Waals surface area contributed by atoms with Crippen molar-refractivity contribution in [1.82, 2.24) is 0 Å². The smallest absolute Gasteiger partial charge is 0.0555 e. The molecule has 0 aliphatic heterocycles. The van der Waals surface area contributed by atoms with Crippen LogP contribution in [0.1, 0.15) is 0 Å². The van der Waals surface area contributed by atoms with E-state index in [1.165, 1.54) is 81.1 Å². The summed E-state index contributed by atoms with van der Waals surface area (Å²) in [6, 6.07) is 77.0. The molecule has 1 heterocycles. The third-order valence-electron chi connectivity index (χ3n) is 10.5. The molecule has 0 aliphatic carbocycles. The van der Waals surface area contributed by atoms with E-state index < -0.39 is 0 Å². The average molecular weight is 706 g/mol. The van der Waals surface area contributed by atoms with Gasteiger partial charge >= 0.3 is 0 Å². The quantitative estimate of drug-likeness (QED) is 0.160. The van der Waals surface area contributed by atoms with Crippen molar-refractivity contribution >= 4 is 59.3 Å². The van der Waals surface area contributed by atoms with Gasteiger partial charge in [-0.1, -0.05) is 182 Å². The lowest BCUT2D eigenvalue weighted by Gasteiger charge is -2.27. The number of fused-ring (bicyclic) bond motifs is 5. The Bertz CT molecular complexity index is 2880. The molecule has 0 spiro atoms. The molecule has 0 unspecified atom stereocenters. The van der Waals surface area contributed by atoms with E-state index in [1.807, 2.05) is 11.3 Å². The molecule has 0 aliphatic rings. The van der Waals surface area contributed by atoms with Gasteiger partial charge in [0.2, 0.25) is 0 Å². The Labute approximate surface area is 319 Å². The van der Waals surface area contributed by atoms with Crippen LogP contribution >= 0.6 is 11.3 Å². The Balaban J connectivity index is 1.15. The van der Waals surface area contributed by atoms with Crippen LogP contribution in [0.4, 0.5) is 17.1 Å². The fraction of sp³-hybridized carbons (Fsp3) is 0. The van der Waals surface area contributed by atoms with Gasteiger partial charge in [-0.25, -0.2) is 0 Å². The summed E-state index contributed by atoms with van der Waals surface area (Å²) >= 11 is 1.91. The van der Waals surface area contributed by atoms with Crippen LogP contribution in [0, 0.1) is 0 Å². The minimum Gasteiger partial charge on any atom is -0.310 e. The maximum Gasteiger partial charge on any atom is 0.0555 e. The van der Waals surface area contributed by atoms with Crippen LogP contribution in [0.15, 0.2) is 212 Å². The lowest BCUT2D eigenvalue weighted by Crippen LogP contribution is -2.10. The van der Waals surface area contributed by atoms with Gasteiger partial charge in [0.15, 0.2) is 0 Å². The van der Waals surface area contributed by atoms with E-state index in [0.717, 1.165) is 11.4 Å². The predicted molar refractivity (Wildman–Crippen MR) is 233 cm³/mol. The molecule has 0 amide bonds. The summed E-state index contributed by atoms with van der Waals surface area (Å²) in [7, 11) is 0. The van der Waals surface area contributed by atoms with Crippen LogP contribution in [0.3, 0.4) is 0 Å². The van der Waals surface area contributed by atoms with E-state index in [4.69, 9.17) is 0 Å². The van der Waals surface area contributed by atoms with Crippen LogP contribution in [-0.4, -0.2) is 0 Å². The van der Waals surface area contributed by atoms with Crippen LogP contribution in [0.5, 0.6) is 0 Å². The van der Waals surface area contributed by atoms with Crippen molar-refractivity contribution in [3.8, 4) is 44.5 Å². The molecule has 10 aromatic rings. The predicted octanol–water partition coefficient (Wildman–Crippen LogP) is 15.3. The molecule has 9 aromatic carbocycles. The third kappa shape index (κ3) is 5.74. The summed E-state index contributed by atoms with van der Waals surface area (Å²) in [5, 5.41) is 5.11. The Morgan fingerprint density at radius 1 is 0.296 bits per heavy atom. The summed E-state index contributed by atoms with van der Waals surface area (Å²) in [4.78, 5) is 2.44. The van der Waals surface area contributed by atoms with Gasteiger partial charge in [-0.2, -0.15) is 0 Å². The largest absolute Gasteiger partial charge is 0.310 e. The zero-order valence-corrected chi connectivity index (χ0v) is 30.4. The second-order valence-electron chi connectivity index (χ2n) is 13.7. The lowest BCUT2D eigenvalue weighted by molar-refractivity contribution is 1.30. The highest BCUT2D eigenvalue weighted by Gasteiger charge is 2.22. The van der Waals surface area contributed by atoms with Crippen molar-refractivity contribution in [1.29, 1.82) is 0 Å². The fourth-order valence-corrected chi connectivity index (χ4v) is 9.16. The molecule has 54 heavy (non-hydrogen) atoms. The first-order chi connectivity index (χ1) is 26.8. The summed E-state index contributed by atoms with van der Waals surface area (Å²) < 4.78 is 2.62. The highest BCUT2D eigenvalue weighted by molar-refractivity contribution is 7.27. The minimum atomic E-state index is 1.11. The van der Waals surface area contributed by atoms with Gasteiger partial charge in [0.1, 0.15) is 0 Å². The number of thiophene rings is 1. The number of benzene rings is 9. The highest BCUT2D eigenvalue weighted by atomic mass is 32.1. The van der Waals surface area contributed by atoms with Crippen LogP contribution < -0.4 is 4.90 Å². The monoisotopic (exact) mass is 705 g/mol. The van der Waals surface area contributed by atoms with Gasteiger partial charge in [-0.05, 0) is 85.6 Å². The number of hydrogen-bond donors (Lipinski definition) is 0. The van der Waals surface area contributed by atoms with Gasteiger partial charge < -0.3 is 4.90 Å². The summed E-state index contributed by atoms with van der Waals surface area (Å²) in [5.41, 5.74) is 13.1. The Morgan fingerprint density at radius 2 is 0.741 bits per heavy atom. The number of nitrogens with zero attached hydrogens (tertiary/aromatic N) is 1. The first-order valence-electron chi connectivity index (χ1n) is 18.4. The van der Waals surface area contributed by atoms with Crippen molar-refractivity contribution in [2.75, 3.05) is 4.90 Å². The number of hydrogen-bond acceptors (Lipinski definition) is 2. The second-order valence-corrected chi connectivity index (χ2v) is 14.7. The average Bonchev–Trinajstić information content (AvgIpc) is 3.66. The highest BCUT2D eigenvalue weighted by Crippen LogP contribution is 2.50. The molecule has 0 saturated carbocycles. The molecule has 2 heteroatoms. The summed E-state index contributed by atoms with van der Waals surface area (Å²) in [6.07, 6.45) is 0. The number of anilines is 3. The lowest BCUT2D eigenvalue weighted by atomic mass is 9.98. The SMILES string of the molecule is c1ccc(-c2ccc(-c3ccc(N(c4ccc(-c5ccccc5)cc4)c4ccc(-c5ccccc5)c5sc6c7ccccc7ccc6c45)cc3)cc2)cc1. The van der Waals surface area contributed by atoms with Crippen LogP contribution in [0.25, 0.3) is 75.5 Å². The molecular formula is C52H35NS. The second kappa shape index (κ2) is 13.7. The van der Waals surface area contributed by atoms with Gasteiger partial charge in [-0.3, -0.25) is 0 Å². The molecule has 0 radical (unpaired) electrons. The zero-order chi connectivity index (χ0) is 35.8. The van der Waals surface area contributed by atoms with E-state index in [2.05, 4.69) is 217 Å². The molecule has 1 aromatic heterocycles. The van der Waals surface area contributed by atoms with Gasteiger partial charge in [0, 0.05) is 31.5 Å². The molecule has 1 nitrogen and oxygen atoms in total. The molecule has 10 rings (SSSR count). The summed E-state index contributed by atoms with van der Waals surface area (Å²) in [6.45, 7) is 0. The van der Waals surface area contributed by atoms with Gasteiger partial charge in [0.25, 0.3) is 0 Å². The molecular weight excluding hydrogens is 671 g/mol. The van der Waals surface area contributed by atoms with Crippen molar-refractivity contribution in [2.24, 2.45) is 0 Å². The number of rotatable bonds is 7. The standard InChI is InChI=1S/C52H35NS/c1-4-12-36(13-5-1)38-20-22-39(23-21-38)41-26-31-45(32-27-41)53(44-29-24-40(25-30-44)37-14-6-2-7-15-37)49-35-34-47(42-16-8-3-9-17-42)52-50(49)48-33-28-43-18-10-11-19-46(43)51(48)54-52/h1-35H. The Hall–Kier alpha value is -6.74. The van der Waals surface area contributed by atoms with E-state index in [9.17, 15) is 0 Å². The van der Waals surface area contributed by atoms with E-state index in [-0.39, 0.29) is 0 Å². The molecule has 0 atom stereocenters.